The van der Waals surface area contributed by atoms with Gasteiger partial charge in [-0.15, -0.1) is 0 Å². The molecule has 3 N–H and O–H groups in total. The normalized spacial score (nSPS) is 25.9. The fourth-order valence-electron chi connectivity index (χ4n) is 2.90. The maximum absolute atomic E-state index is 10.2. The summed E-state index contributed by atoms with van der Waals surface area (Å²) in [7, 11) is 0. The Morgan fingerprint density at radius 1 is 1.25 bits per heavy atom. The molecule has 0 spiro atoms. The molecule has 0 aromatic heterocycles. The summed E-state index contributed by atoms with van der Waals surface area (Å²) >= 11 is 0. The molecule has 1 aliphatic heterocycles. The topological polar surface area (TPSA) is 71.0 Å². The third kappa shape index (κ3) is 2.90. The molecule has 110 valence electrons. The zero-order valence-electron chi connectivity index (χ0n) is 11.4. The quantitative estimate of drug-likeness (QED) is 0.755. The molecule has 0 bridgehead atoms. The SMILES string of the molecule is OC(CNCC1CCCC1O)c1ccc2c(c1)OCO2. The highest BCUT2D eigenvalue weighted by Crippen LogP contribution is 2.34. The van der Waals surface area contributed by atoms with E-state index in [2.05, 4.69) is 5.32 Å². The van der Waals surface area contributed by atoms with Gasteiger partial charge >= 0.3 is 0 Å². The zero-order chi connectivity index (χ0) is 13.9. The van der Waals surface area contributed by atoms with Crippen molar-refractivity contribution >= 4 is 0 Å². The first-order valence-corrected chi connectivity index (χ1v) is 7.20. The third-order valence-corrected chi connectivity index (χ3v) is 4.14. The number of ether oxygens (including phenoxy) is 2. The number of hydrogen-bond donors (Lipinski definition) is 3. The molecule has 3 rings (SSSR count). The summed E-state index contributed by atoms with van der Waals surface area (Å²) in [5, 5.41) is 23.2. The second-order valence-electron chi connectivity index (χ2n) is 5.55. The molecule has 0 amide bonds. The highest BCUT2D eigenvalue weighted by Gasteiger charge is 2.25. The Kier molecular flexibility index (Phi) is 4.10. The van der Waals surface area contributed by atoms with Gasteiger partial charge in [0.05, 0.1) is 12.2 Å². The largest absolute Gasteiger partial charge is 0.454 e. The number of rotatable bonds is 5. The smallest absolute Gasteiger partial charge is 0.231 e. The molecule has 0 saturated heterocycles. The van der Waals surface area contributed by atoms with Crippen molar-refractivity contribution < 1.29 is 19.7 Å². The predicted octanol–water partition coefficient (Wildman–Crippen LogP) is 1.20. The number of benzene rings is 1. The molecular weight excluding hydrogens is 258 g/mol. The minimum Gasteiger partial charge on any atom is -0.454 e. The van der Waals surface area contributed by atoms with E-state index in [1.165, 1.54) is 0 Å². The summed E-state index contributed by atoms with van der Waals surface area (Å²) in [5.74, 6) is 1.73. The molecule has 3 atom stereocenters. The Labute approximate surface area is 118 Å². The van der Waals surface area contributed by atoms with Crippen molar-refractivity contribution in [1.29, 1.82) is 0 Å². The Morgan fingerprint density at radius 2 is 2.10 bits per heavy atom. The molecule has 20 heavy (non-hydrogen) atoms. The molecule has 0 radical (unpaired) electrons. The maximum atomic E-state index is 10.2. The summed E-state index contributed by atoms with van der Waals surface area (Å²) in [4.78, 5) is 0. The van der Waals surface area contributed by atoms with Gasteiger partial charge in [-0.1, -0.05) is 12.5 Å². The van der Waals surface area contributed by atoms with E-state index in [9.17, 15) is 10.2 Å². The van der Waals surface area contributed by atoms with Gasteiger partial charge in [-0.3, -0.25) is 0 Å². The monoisotopic (exact) mass is 279 g/mol. The van der Waals surface area contributed by atoms with E-state index in [0.29, 0.717) is 18.2 Å². The number of hydrogen-bond acceptors (Lipinski definition) is 5. The van der Waals surface area contributed by atoms with Gasteiger partial charge < -0.3 is 25.0 Å². The summed E-state index contributed by atoms with van der Waals surface area (Å²) < 4.78 is 10.5. The number of aliphatic hydroxyl groups is 2. The minimum absolute atomic E-state index is 0.190. The van der Waals surface area contributed by atoms with Gasteiger partial charge in [-0.25, -0.2) is 0 Å². The zero-order valence-corrected chi connectivity index (χ0v) is 11.4. The van der Waals surface area contributed by atoms with E-state index in [4.69, 9.17) is 9.47 Å². The van der Waals surface area contributed by atoms with E-state index < -0.39 is 6.10 Å². The first kappa shape index (κ1) is 13.7. The van der Waals surface area contributed by atoms with E-state index in [0.717, 1.165) is 37.1 Å². The summed E-state index contributed by atoms with van der Waals surface area (Å²) in [6.45, 7) is 1.47. The molecule has 3 unspecified atom stereocenters. The molecule has 5 heteroatoms. The first-order chi connectivity index (χ1) is 9.74. The Balaban J connectivity index is 1.50. The predicted molar refractivity (Wildman–Crippen MR) is 73.7 cm³/mol. The molecule has 1 heterocycles. The molecule has 5 nitrogen and oxygen atoms in total. The molecule has 1 aromatic rings. The van der Waals surface area contributed by atoms with E-state index in [1.807, 2.05) is 18.2 Å². The lowest BCUT2D eigenvalue weighted by atomic mass is 10.1. The van der Waals surface area contributed by atoms with Crippen LogP contribution in [-0.4, -0.2) is 36.2 Å². The summed E-state index contributed by atoms with van der Waals surface area (Å²) in [5.41, 5.74) is 0.814. The third-order valence-electron chi connectivity index (χ3n) is 4.14. The highest BCUT2D eigenvalue weighted by atomic mass is 16.7. The van der Waals surface area contributed by atoms with Crippen LogP contribution >= 0.6 is 0 Å². The lowest BCUT2D eigenvalue weighted by Crippen LogP contribution is -2.30. The van der Waals surface area contributed by atoms with Crippen LogP contribution in [0.25, 0.3) is 0 Å². The second kappa shape index (κ2) is 5.99. The number of aliphatic hydroxyl groups excluding tert-OH is 2. The van der Waals surface area contributed by atoms with Gasteiger partial charge in [0.25, 0.3) is 0 Å². The number of fused-ring (bicyclic) bond motifs is 1. The minimum atomic E-state index is -0.581. The van der Waals surface area contributed by atoms with Crippen LogP contribution in [0.5, 0.6) is 11.5 Å². The van der Waals surface area contributed by atoms with Gasteiger partial charge in [0.15, 0.2) is 11.5 Å². The van der Waals surface area contributed by atoms with Crippen LogP contribution in [0.3, 0.4) is 0 Å². The standard InChI is InChI=1S/C15H21NO4/c17-12-3-1-2-11(12)7-16-8-13(18)10-4-5-14-15(6-10)20-9-19-14/h4-6,11-13,16-18H,1-3,7-9H2. The molecule has 1 aromatic carbocycles. The van der Waals surface area contributed by atoms with Crippen molar-refractivity contribution in [3.8, 4) is 11.5 Å². The average molecular weight is 279 g/mol. The Hall–Kier alpha value is -1.30. The van der Waals surface area contributed by atoms with Crippen LogP contribution in [0.4, 0.5) is 0 Å². The van der Waals surface area contributed by atoms with Gasteiger partial charge in [0.2, 0.25) is 6.79 Å². The van der Waals surface area contributed by atoms with Crippen LogP contribution in [0.2, 0.25) is 0 Å². The van der Waals surface area contributed by atoms with Crippen LogP contribution < -0.4 is 14.8 Å². The molecule has 1 saturated carbocycles. The van der Waals surface area contributed by atoms with Gasteiger partial charge in [0.1, 0.15) is 0 Å². The molecule has 1 aliphatic carbocycles. The Bertz CT molecular complexity index is 465. The van der Waals surface area contributed by atoms with Gasteiger partial charge in [-0.05, 0) is 36.5 Å². The summed E-state index contributed by atoms with van der Waals surface area (Å²) in [6.07, 6.45) is 2.29. The number of nitrogens with one attached hydrogen (secondary N) is 1. The van der Waals surface area contributed by atoms with Crippen LogP contribution in [-0.2, 0) is 0 Å². The van der Waals surface area contributed by atoms with Crippen molar-refractivity contribution in [3.63, 3.8) is 0 Å². The first-order valence-electron chi connectivity index (χ1n) is 7.20. The lowest BCUT2D eigenvalue weighted by molar-refractivity contribution is 0.124. The van der Waals surface area contributed by atoms with Gasteiger partial charge in [-0.2, -0.15) is 0 Å². The fourth-order valence-corrected chi connectivity index (χ4v) is 2.90. The molecule has 2 aliphatic rings. The summed E-state index contributed by atoms with van der Waals surface area (Å²) in [6, 6.07) is 5.49. The van der Waals surface area contributed by atoms with Gasteiger partial charge in [0, 0.05) is 13.1 Å². The van der Waals surface area contributed by atoms with Crippen molar-refractivity contribution in [1.82, 2.24) is 5.32 Å². The lowest BCUT2D eigenvalue weighted by Gasteiger charge is -2.17. The maximum Gasteiger partial charge on any atom is 0.231 e. The van der Waals surface area contributed by atoms with Crippen molar-refractivity contribution in [2.75, 3.05) is 19.9 Å². The van der Waals surface area contributed by atoms with Crippen molar-refractivity contribution in [2.24, 2.45) is 5.92 Å². The highest BCUT2D eigenvalue weighted by molar-refractivity contribution is 5.45. The van der Waals surface area contributed by atoms with Crippen LogP contribution in [0, 0.1) is 5.92 Å². The molecule has 1 fully saturated rings. The van der Waals surface area contributed by atoms with E-state index in [-0.39, 0.29) is 12.9 Å². The average Bonchev–Trinajstić information content (AvgIpc) is 3.07. The fraction of sp³-hybridized carbons (Fsp3) is 0.600. The van der Waals surface area contributed by atoms with Crippen LogP contribution in [0.1, 0.15) is 30.9 Å². The van der Waals surface area contributed by atoms with E-state index in [1.54, 1.807) is 0 Å². The Morgan fingerprint density at radius 3 is 2.90 bits per heavy atom. The second-order valence-corrected chi connectivity index (χ2v) is 5.55. The van der Waals surface area contributed by atoms with Crippen LogP contribution in [0.15, 0.2) is 18.2 Å². The van der Waals surface area contributed by atoms with E-state index >= 15 is 0 Å². The van der Waals surface area contributed by atoms with Crippen molar-refractivity contribution in [3.05, 3.63) is 23.8 Å². The molecular formula is C15H21NO4. The van der Waals surface area contributed by atoms with Crippen molar-refractivity contribution in [2.45, 2.75) is 31.5 Å².